The van der Waals surface area contributed by atoms with Gasteiger partial charge in [0, 0.05) is 0 Å². The van der Waals surface area contributed by atoms with Crippen LogP contribution in [-0.2, 0) is 0 Å². The lowest BCUT2D eigenvalue weighted by atomic mass is 10.1. The van der Waals surface area contributed by atoms with Crippen LogP contribution in [0.25, 0.3) is 0 Å². The van der Waals surface area contributed by atoms with Gasteiger partial charge < -0.3 is 9.84 Å². The van der Waals surface area contributed by atoms with Gasteiger partial charge in [0.25, 0.3) is 0 Å². The quantitative estimate of drug-likeness (QED) is 0.779. The molecule has 1 N–H and O–H groups in total. The predicted molar refractivity (Wildman–Crippen MR) is 84.7 cm³/mol. The predicted octanol–water partition coefficient (Wildman–Crippen LogP) is 3.95. The van der Waals surface area contributed by atoms with E-state index in [9.17, 15) is 4.79 Å². The Morgan fingerprint density at radius 3 is 2.40 bits per heavy atom. The molecule has 0 atom stereocenters. The van der Waals surface area contributed by atoms with Crippen molar-refractivity contribution in [3.8, 4) is 29.4 Å². The molecule has 0 fully saturated rings. The first-order chi connectivity index (χ1) is 9.51. The van der Waals surface area contributed by atoms with Gasteiger partial charge in [-0.25, -0.2) is 4.79 Å². The maximum atomic E-state index is 11.1. The standard InChI is InChI=1S/C15H12Br2O3/c1-3-5-10(6-4-2)9-20-14-12(16)8-7-11(13(14)17)15(18)19/h7-8,10H,9H2,1-2H3,(H,18,19). The van der Waals surface area contributed by atoms with Crippen molar-refractivity contribution in [3.05, 3.63) is 26.6 Å². The second kappa shape index (κ2) is 7.99. The first-order valence-electron chi connectivity index (χ1n) is 5.69. The Kier molecular flexibility index (Phi) is 6.64. The zero-order valence-corrected chi connectivity index (χ0v) is 14.1. The van der Waals surface area contributed by atoms with Crippen LogP contribution in [0.2, 0.25) is 0 Å². The van der Waals surface area contributed by atoms with Gasteiger partial charge in [0.15, 0.2) is 0 Å². The van der Waals surface area contributed by atoms with E-state index in [0.29, 0.717) is 14.7 Å². The summed E-state index contributed by atoms with van der Waals surface area (Å²) in [6.45, 7) is 3.74. The van der Waals surface area contributed by atoms with Crippen molar-refractivity contribution in [3.63, 3.8) is 0 Å². The van der Waals surface area contributed by atoms with E-state index in [1.54, 1.807) is 19.9 Å². The molecule has 0 aliphatic rings. The highest BCUT2D eigenvalue weighted by Crippen LogP contribution is 2.36. The third-order valence-corrected chi connectivity index (χ3v) is 3.72. The summed E-state index contributed by atoms with van der Waals surface area (Å²) in [5.41, 5.74) is 0.142. The molecular formula is C15H12Br2O3. The lowest BCUT2D eigenvalue weighted by Crippen LogP contribution is -2.10. The first kappa shape index (κ1) is 16.6. The monoisotopic (exact) mass is 398 g/mol. The number of benzene rings is 1. The molecule has 0 aromatic heterocycles. The number of hydrogen-bond acceptors (Lipinski definition) is 2. The molecule has 0 aliphatic heterocycles. The van der Waals surface area contributed by atoms with E-state index < -0.39 is 5.97 Å². The molecule has 1 aromatic carbocycles. The number of aromatic carboxylic acids is 1. The lowest BCUT2D eigenvalue weighted by Gasteiger charge is -2.13. The maximum absolute atomic E-state index is 11.1. The zero-order valence-electron chi connectivity index (χ0n) is 11.0. The summed E-state index contributed by atoms with van der Waals surface area (Å²) in [5, 5.41) is 9.08. The number of carbonyl (C=O) groups is 1. The fraction of sp³-hybridized carbons (Fsp3) is 0.267. The van der Waals surface area contributed by atoms with Gasteiger partial charge in [0.2, 0.25) is 0 Å². The van der Waals surface area contributed by atoms with Crippen molar-refractivity contribution >= 4 is 37.8 Å². The van der Waals surface area contributed by atoms with E-state index in [-0.39, 0.29) is 18.1 Å². The molecule has 0 heterocycles. The van der Waals surface area contributed by atoms with Gasteiger partial charge in [-0.2, -0.15) is 0 Å². The summed E-state index contributed by atoms with van der Waals surface area (Å²) >= 11 is 6.59. The van der Waals surface area contributed by atoms with Crippen molar-refractivity contribution in [1.29, 1.82) is 0 Å². The van der Waals surface area contributed by atoms with Crippen LogP contribution < -0.4 is 4.74 Å². The van der Waals surface area contributed by atoms with E-state index in [4.69, 9.17) is 9.84 Å². The van der Waals surface area contributed by atoms with Crippen molar-refractivity contribution in [2.24, 2.45) is 5.92 Å². The van der Waals surface area contributed by atoms with Crippen LogP contribution in [-0.4, -0.2) is 17.7 Å². The van der Waals surface area contributed by atoms with Crippen LogP contribution in [0.4, 0.5) is 0 Å². The molecule has 0 bridgehead atoms. The van der Waals surface area contributed by atoms with E-state index in [1.165, 1.54) is 6.07 Å². The van der Waals surface area contributed by atoms with E-state index in [2.05, 4.69) is 55.5 Å². The molecule has 0 saturated carbocycles. The molecule has 1 rings (SSSR count). The molecule has 0 saturated heterocycles. The van der Waals surface area contributed by atoms with Crippen LogP contribution in [0, 0.1) is 29.6 Å². The minimum absolute atomic E-state index is 0.142. The van der Waals surface area contributed by atoms with Crippen molar-refractivity contribution in [2.75, 3.05) is 6.61 Å². The molecule has 3 nitrogen and oxygen atoms in total. The number of carboxylic acid groups (broad SMARTS) is 1. The lowest BCUT2D eigenvalue weighted by molar-refractivity contribution is 0.0695. The Bertz CT molecular complexity index is 610. The van der Waals surface area contributed by atoms with Crippen LogP contribution >= 0.6 is 31.9 Å². The number of carboxylic acids is 1. The van der Waals surface area contributed by atoms with E-state index in [1.807, 2.05) is 0 Å². The van der Waals surface area contributed by atoms with Gasteiger partial charge >= 0.3 is 5.97 Å². The number of hydrogen-bond donors (Lipinski definition) is 1. The van der Waals surface area contributed by atoms with Crippen LogP contribution in [0.15, 0.2) is 21.1 Å². The summed E-state index contributed by atoms with van der Waals surface area (Å²) in [5.74, 6) is 10.7. The van der Waals surface area contributed by atoms with Gasteiger partial charge in [-0.15, -0.1) is 11.8 Å². The molecule has 0 amide bonds. The Morgan fingerprint density at radius 1 is 1.30 bits per heavy atom. The molecule has 1 aromatic rings. The first-order valence-corrected chi connectivity index (χ1v) is 7.28. The van der Waals surface area contributed by atoms with Gasteiger partial charge in [0.05, 0.1) is 14.5 Å². The summed E-state index contributed by atoms with van der Waals surface area (Å²) < 4.78 is 6.73. The van der Waals surface area contributed by atoms with Crippen LogP contribution in [0.3, 0.4) is 0 Å². The third-order valence-electron chi connectivity index (χ3n) is 2.31. The Morgan fingerprint density at radius 2 is 1.90 bits per heavy atom. The van der Waals surface area contributed by atoms with Gasteiger partial charge in [-0.1, -0.05) is 11.8 Å². The van der Waals surface area contributed by atoms with Gasteiger partial charge in [-0.3, -0.25) is 0 Å². The van der Waals surface area contributed by atoms with Gasteiger partial charge in [0.1, 0.15) is 18.3 Å². The molecule has 20 heavy (non-hydrogen) atoms. The smallest absolute Gasteiger partial charge is 0.336 e. The Hall–Kier alpha value is -1.43. The topological polar surface area (TPSA) is 46.5 Å². The van der Waals surface area contributed by atoms with E-state index >= 15 is 0 Å². The minimum atomic E-state index is -1.02. The molecule has 0 aliphatic carbocycles. The fourth-order valence-corrected chi connectivity index (χ4v) is 2.81. The summed E-state index contributed by atoms with van der Waals surface area (Å²) in [6.07, 6.45) is 0. The summed E-state index contributed by atoms with van der Waals surface area (Å²) in [4.78, 5) is 11.1. The second-order valence-electron chi connectivity index (χ2n) is 3.70. The number of ether oxygens (including phenoxy) is 1. The highest BCUT2D eigenvalue weighted by Gasteiger charge is 2.16. The molecule has 0 radical (unpaired) electrons. The molecular weight excluding hydrogens is 388 g/mol. The fourth-order valence-electron chi connectivity index (χ4n) is 1.46. The molecule has 5 heteroatoms. The highest BCUT2D eigenvalue weighted by atomic mass is 79.9. The third kappa shape index (κ3) is 4.30. The average Bonchev–Trinajstić information content (AvgIpc) is 2.38. The average molecular weight is 400 g/mol. The second-order valence-corrected chi connectivity index (χ2v) is 5.34. The van der Waals surface area contributed by atoms with Crippen LogP contribution in [0.5, 0.6) is 5.75 Å². The normalized spacial score (nSPS) is 9.25. The van der Waals surface area contributed by atoms with Gasteiger partial charge in [-0.05, 0) is 57.8 Å². The van der Waals surface area contributed by atoms with Crippen molar-refractivity contribution in [2.45, 2.75) is 13.8 Å². The van der Waals surface area contributed by atoms with Crippen molar-refractivity contribution in [1.82, 2.24) is 0 Å². The SMILES string of the molecule is CC#CC(C#CC)COc1c(Br)ccc(C(=O)O)c1Br. The Balaban J connectivity index is 3.01. The van der Waals surface area contributed by atoms with E-state index in [0.717, 1.165) is 0 Å². The largest absolute Gasteiger partial charge is 0.489 e. The Labute approximate surface area is 135 Å². The van der Waals surface area contributed by atoms with Crippen molar-refractivity contribution < 1.29 is 14.6 Å². The zero-order chi connectivity index (χ0) is 15.1. The molecule has 104 valence electrons. The van der Waals surface area contributed by atoms with Crippen LogP contribution in [0.1, 0.15) is 24.2 Å². The summed E-state index contributed by atoms with van der Waals surface area (Å²) in [6, 6.07) is 3.13. The number of rotatable bonds is 4. The minimum Gasteiger partial charge on any atom is -0.489 e. The molecule has 0 spiro atoms. The number of halogens is 2. The highest BCUT2D eigenvalue weighted by molar-refractivity contribution is 9.11. The molecule has 0 unspecified atom stereocenters. The maximum Gasteiger partial charge on any atom is 0.336 e. The summed E-state index contributed by atoms with van der Waals surface area (Å²) in [7, 11) is 0.